The molecule has 3 aromatic rings. The van der Waals surface area contributed by atoms with Crippen molar-refractivity contribution in [1.82, 2.24) is 5.32 Å². The zero-order chi connectivity index (χ0) is 18.5. The molecule has 0 saturated heterocycles. The van der Waals surface area contributed by atoms with Gasteiger partial charge in [0.2, 0.25) is 5.91 Å². The van der Waals surface area contributed by atoms with Crippen LogP contribution in [0.25, 0.3) is 10.1 Å². The molecule has 1 aromatic heterocycles. The first-order valence-electron chi connectivity index (χ1n) is 8.42. The van der Waals surface area contributed by atoms with Gasteiger partial charge in [0.25, 0.3) is 5.91 Å². The molecule has 4 nitrogen and oxygen atoms in total. The minimum atomic E-state index is -0.343. The number of hydrogen-bond donors (Lipinski definition) is 2. The standard InChI is InChI=1S/C20H19ClN2O2S/c1-2-5-13-8-10-14(11-9-13)23-17(24)12-22-20(25)19-18(21)15-6-3-4-7-16(15)26-19/h3-4,6-11H,2,5,12H2,1H3,(H,22,25)(H,23,24). The quantitative estimate of drug-likeness (QED) is 0.634. The number of rotatable bonds is 6. The summed E-state index contributed by atoms with van der Waals surface area (Å²) in [4.78, 5) is 24.8. The third-order valence-electron chi connectivity index (χ3n) is 3.93. The molecule has 0 bridgehead atoms. The highest BCUT2D eigenvalue weighted by molar-refractivity contribution is 7.21. The lowest BCUT2D eigenvalue weighted by Gasteiger charge is -2.07. The largest absolute Gasteiger partial charge is 0.342 e. The second-order valence-corrected chi connectivity index (χ2v) is 7.35. The lowest BCUT2D eigenvalue weighted by molar-refractivity contribution is -0.115. The molecule has 0 aliphatic rings. The third-order valence-corrected chi connectivity index (χ3v) is 5.60. The summed E-state index contributed by atoms with van der Waals surface area (Å²) in [7, 11) is 0. The number of thiophene rings is 1. The lowest BCUT2D eigenvalue weighted by atomic mass is 10.1. The van der Waals surface area contributed by atoms with Crippen LogP contribution in [0.2, 0.25) is 5.02 Å². The number of aryl methyl sites for hydroxylation is 1. The summed E-state index contributed by atoms with van der Waals surface area (Å²) in [5.74, 6) is -0.622. The number of nitrogens with one attached hydrogen (secondary N) is 2. The van der Waals surface area contributed by atoms with Crippen molar-refractivity contribution in [3.8, 4) is 0 Å². The first kappa shape index (κ1) is 18.4. The van der Waals surface area contributed by atoms with Crippen molar-refractivity contribution in [2.75, 3.05) is 11.9 Å². The van der Waals surface area contributed by atoms with Gasteiger partial charge in [-0.05, 0) is 30.2 Å². The molecule has 0 aliphatic carbocycles. The van der Waals surface area contributed by atoms with Crippen molar-refractivity contribution < 1.29 is 9.59 Å². The van der Waals surface area contributed by atoms with Crippen molar-refractivity contribution in [3.05, 3.63) is 64.0 Å². The fraction of sp³-hybridized carbons (Fsp3) is 0.200. The van der Waals surface area contributed by atoms with Gasteiger partial charge in [-0.1, -0.05) is 55.3 Å². The minimum absolute atomic E-state index is 0.111. The van der Waals surface area contributed by atoms with Crippen LogP contribution in [0.1, 0.15) is 28.6 Å². The van der Waals surface area contributed by atoms with E-state index in [0.717, 1.165) is 22.9 Å². The second-order valence-electron chi connectivity index (χ2n) is 5.92. The van der Waals surface area contributed by atoms with E-state index >= 15 is 0 Å². The van der Waals surface area contributed by atoms with Gasteiger partial charge in [-0.15, -0.1) is 11.3 Å². The van der Waals surface area contributed by atoms with E-state index in [1.54, 1.807) is 0 Å². The molecule has 0 spiro atoms. The van der Waals surface area contributed by atoms with E-state index < -0.39 is 0 Å². The summed E-state index contributed by atoms with van der Waals surface area (Å²) >= 11 is 7.60. The molecule has 0 unspecified atom stereocenters. The Kier molecular flexibility index (Phi) is 5.91. The summed E-state index contributed by atoms with van der Waals surface area (Å²) in [6, 6.07) is 15.3. The third kappa shape index (κ3) is 4.23. The van der Waals surface area contributed by atoms with Gasteiger partial charge >= 0.3 is 0 Å². The van der Waals surface area contributed by atoms with Crippen LogP contribution in [-0.4, -0.2) is 18.4 Å². The van der Waals surface area contributed by atoms with E-state index in [0.29, 0.717) is 15.6 Å². The van der Waals surface area contributed by atoms with Gasteiger partial charge in [0, 0.05) is 15.8 Å². The van der Waals surface area contributed by atoms with Crippen LogP contribution in [0, 0.1) is 0 Å². The molecular weight excluding hydrogens is 368 g/mol. The van der Waals surface area contributed by atoms with E-state index in [4.69, 9.17) is 11.6 Å². The van der Waals surface area contributed by atoms with Crippen LogP contribution in [0.5, 0.6) is 0 Å². The Morgan fingerprint density at radius 3 is 2.50 bits per heavy atom. The van der Waals surface area contributed by atoms with Gasteiger partial charge in [-0.2, -0.15) is 0 Å². The molecule has 2 N–H and O–H groups in total. The number of amides is 2. The highest BCUT2D eigenvalue weighted by Crippen LogP contribution is 2.34. The zero-order valence-electron chi connectivity index (χ0n) is 14.3. The van der Waals surface area contributed by atoms with E-state index in [-0.39, 0.29) is 18.4 Å². The first-order chi connectivity index (χ1) is 12.6. The zero-order valence-corrected chi connectivity index (χ0v) is 15.9. The number of benzene rings is 2. The summed E-state index contributed by atoms with van der Waals surface area (Å²) in [6.45, 7) is 2.02. The van der Waals surface area contributed by atoms with Gasteiger partial charge in [0.05, 0.1) is 11.6 Å². The maximum Gasteiger partial charge on any atom is 0.263 e. The van der Waals surface area contributed by atoms with Gasteiger partial charge in [0.15, 0.2) is 0 Å². The maximum atomic E-state index is 12.3. The number of carbonyl (C=O) groups is 2. The second kappa shape index (κ2) is 8.34. The van der Waals surface area contributed by atoms with Crippen molar-refractivity contribution in [1.29, 1.82) is 0 Å². The van der Waals surface area contributed by atoms with Gasteiger partial charge in [0.1, 0.15) is 4.88 Å². The Balaban J connectivity index is 1.58. The van der Waals surface area contributed by atoms with E-state index in [2.05, 4.69) is 17.6 Å². The van der Waals surface area contributed by atoms with Crippen molar-refractivity contribution in [2.24, 2.45) is 0 Å². The molecule has 0 saturated carbocycles. The van der Waals surface area contributed by atoms with Gasteiger partial charge < -0.3 is 10.6 Å². The molecule has 1 heterocycles. The minimum Gasteiger partial charge on any atom is -0.342 e. The molecule has 3 rings (SSSR count). The Morgan fingerprint density at radius 2 is 1.81 bits per heavy atom. The summed E-state index contributed by atoms with van der Waals surface area (Å²) < 4.78 is 0.944. The van der Waals surface area contributed by atoms with Crippen LogP contribution < -0.4 is 10.6 Å². The Labute approximate surface area is 161 Å². The first-order valence-corrected chi connectivity index (χ1v) is 9.62. The molecule has 2 amide bonds. The molecular formula is C20H19ClN2O2S. The molecule has 0 fully saturated rings. The van der Waals surface area contributed by atoms with E-state index in [1.165, 1.54) is 16.9 Å². The number of halogens is 1. The average molecular weight is 387 g/mol. The van der Waals surface area contributed by atoms with Crippen LogP contribution in [0.15, 0.2) is 48.5 Å². The van der Waals surface area contributed by atoms with E-state index in [9.17, 15) is 9.59 Å². The van der Waals surface area contributed by atoms with Crippen molar-refractivity contribution >= 4 is 50.5 Å². The highest BCUT2D eigenvalue weighted by atomic mass is 35.5. The Bertz CT molecular complexity index is 935. The molecule has 2 aromatic carbocycles. The summed E-state index contributed by atoms with van der Waals surface area (Å²) in [5, 5.41) is 6.68. The number of anilines is 1. The highest BCUT2D eigenvalue weighted by Gasteiger charge is 2.17. The predicted octanol–water partition coefficient (Wildman–Crippen LogP) is 4.88. The smallest absolute Gasteiger partial charge is 0.263 e. The molecule has 0 atom stereocenters. The van der Waals surface area contributed by atoms with Gasteiger partial charge in [-0.3, -0.25) is 9.59 Å². The van der Waals surface area contributed by atoms with Crippen molar-refractivity contribution in [2.45, 2.75) is 19.8 Å². The van der Waals surface area contributed by atoms with E-state index in [1.807, 2.05) is 48.5 Å². The van der Waals surface area contributed by atoms with Crippen LogP contribution in [-0.2, 0) is 11.2 Å². The molecule has 26 heavy (non-hydrogen) atoms. The summed E-state index contributed by atoms with van der Waals surface area (Å²) in [5.41, 5.74) is 1.95. The Hall–Kier alpha value is -2.37. The normalized spacial score (nSPS) is 10.7. The molecule has 134 valence electrons. The van der Waals surface area contributed by atoms with Crippen LogP contribution in [0.3, 0.4) is 0 Å². The Morgan fingerprint density at radius 1 is 1.08 bits per heavy atom. The van der Waals surface area contributed by atoms with Crippen molar-refractivity contribution in [3.63, 3.8) is 0 Å². The SMILES string of the molecule is CCCc1ccc(NC(=O)CNC(=O)c2sc3ccccc3c2Cl)cc1. The maximum absolute atomic E-state index is 12.3. The number of fused-ring (bicyclic) bond motifs is 1. The topological polar surface area (TPSA) is 58.2 Å². The van der Waals surface area contributed by atoms with Crippen LogP contribution in [0.4, 0.5) is 5.69 Å². The average Bonchev–Trinajstić information content (AvgIpc) is 2.99. The molecule has 0 radical (unpaired) electrons. The fourth-order valence-electron chi connectivity index (χ4n) is 2.65. The lowest BCUT2D eigenvalue weighted by Crippen LogP contribution is -2.32. The number of carbonyl (C=O) groups excluding carboxylic acids is 2. The monoisotopic (exact) mass is 386 g/mol. The molecule has 6 heteroatoms. The van der Waals surface area contributed by atoms with Crippen LogP contribution >= 0.6 is 22.9 Å². The number of hydrogen-bond acceptors (Lipinski definition) is 3. The fourth-order valence-corrected chi connectivity index (χ4v) is 4.08. The van der Waals surface area contributed by atoms with Gasteiger partial charge in [-0.25, -0.2) is 0 Å². The predicted molar refractivity (Wildman–Crippen MR) is 108 cm³/mol. The molecule has 0 aliphatic heterocycles. The summed E-state index contributed by atoms with van der Waals surface area (Å²) in [6.07, 6.45) is 2.10.